The Morgan fingerprint density at radius 2 is 1.84 bits per heavy atom. The molecule has 126 valence electrons. The van der Waals surface area contributed by atoms with Crippen molar-refractivity contribution in [3.8, 4) is 11.1 Å². The van der Waals surface area contributed by atoms with E-state index in [0.29, 0.717) is 22.9 Å². The molecule has 0 spiro atoms. The second-order valence-corrected chi connectivity index (χ2v) is 6.06. The number of rotatable bonds is 3. The first-order chi connectivity index (χ1) is 12.1. The van der Waals surface area contributed by atoms with E-state index in [0.717, 1.165) is 23.2 Å². The van der Waals surface area contributed by atoms with Gasteiger partial charge in [-0.3, -0.25) is 9.36 Å². The standard InChI is InChI=1S/C17H15ClN6O/c1-3-12-13(10-5-7-11(18)8-6-10)15-21-20-14-16(24(15)22-12)19-9-23(4-2)17(14)25/h5-9H,3-4H2,1-2H3. The summed E-state index contributed by atoms with van der Waals surface area (Å²) < 4.78 is 3.10. The fourth-order valence-electron chi connectivity index (χ4n) is 2.89. The molecule has 0 amide bonds. The van der Waals surface area contributed by atoms with Gasteiger partial charge in [-0.05, 0) is 31.0 Å². The summed E-state index contributed by atoms with van der Waals surface area (Å²) in [7, 11) is 0. The number of fused-ring (bicyclic) bond motifs is 3. The molecule has 3 aromatic heterocycles. The van der Waals surface area contributed by atoms with Gasteiger partial charge in [0.2, 0.25) is 0 Å². The van der Waals surface area contributed by atoms with E-state index in [9.17, 15) is 4.79 Å². The Labute approximate surface area is 147 Å². The highest BCUT2D eigenvalue weighted by molar-refractivity contribution is 6.30. The highest BCUT2D eigenvalue weighted by Gasteiger charge is 2.19. The quantitative estimate of drug-likeness (QED) is 0.565. The topological polar surface area (TPSA) is 78.0 Å². The third kappa shape index (κ3) is 2.39. The van der Waals surface area contributed by atoms with Crippen LogP contribution in [0.1, 0.15) is 19.5 Å². The van der Waals surface area contributed by atoms with Gasteiger partial charge in [0.05, 0.1) is 11.3 Å². The van der Waals surface area contributed by atoms with Crippen LogP contribution in [-0.2, 0) is 13.0 Å². The van der Waals surface area contributed by atoms with Crippen LogP contribution in [0, 0.1) is 0 Å². The molecule has 0 bridgehead atoms. The van der Waals surface area contributed by atoms with Crippen LogP contribution >= 0.6 is 11.6 Å². The Bertz CT molecular complexity index is 1150. The Morgan fingerprint density at radius 1 is 1.08 bits per heavy atom. The molecule has 25 heavy (non-hydrogen) atoms. The molecule has 8 heteroatoms. The summed E-state index contributed by atoms with van der Waals surface area (Å²) in [5.41, 5.74) is 3.68. The van der Waals surface area contributed by atoms with Gasteiger partial charge in [-0.2, -0.15) is 9.61 Å². The van der Waals surface area contributed by atoms with E-state index in [2.05, 4.69) is 20.3 Å². The summed E-state index contributed by atoms with van der Waals surface area (Å²) in [5, 5.41) is 13.7. The smallest absolute Gasteiger partial charge is 0.283 e. The van der Waals surface area contributed by atoms with Gasteiger partial charge >= 0.3 is 0 Å². The van der Waals surface area contributed by atoms with Crippen molar-refractivity contribution in [3.05, 3.63) is 51.7 Å². The summed E-state index contributed by atoms with van der Waals surface area (Å²) >= 11 is 5.99. The van der Waals surface area contributed by atoms with Gasteiger partial charge in [0.1, 0.15) is 6.33 Å². The number of aromatic nitrogens is 6. The Morgan fingerprint density at radius 3 is 2.52 bits per heavy atom. The molecular formula is C17H15ClN6O. The van der Waals surface area contributed by atoms with Gasteiger partial charge in [-0.25, -0.2) is 4.98 Å². The summed E-state index contributed by atoms with van der Waals surface area (Å²) in [6, 6.07) is 7.50. The minimum absolute atomic E-state index is 0.213. The molecule has 0 saturated heterocycles. The Hall–Kier alpha value is -2.80. The van der Waals surface area contributed by atoms with Crippen LogP contribution < -0.4 is 5.56 Å². The first-order valence-electron chi connectivity index (χ1n) is 8.03. The maximum atomic E-state index is 12.4. The fourth-order valence-corrected chi connectivity index (χ4v) is 3.01. The van der Waals surface area contributed by atoms with Crippen LogP contribution in [0.3, 0.4) is 0 Å². The number of aryl methyl sites for hydroxylation is 2. The SMILES string of the molecule is CCc1nn2c(nnc3c(=O)n(CC)cnc32)c1-c1ccc(Cl)cc1. The lowest BCUT2D eigenvalue weighted by Crippen LogP contribution is -2.22. The zero-order valence-electron chi connectivity index (χ0n) is 13.8. The lowest BCUT2D eigenvalue weighted by molar-refractivity contribution is 0.708. The van der Waals surface area contributed by atoms with Crippen LogP contribution in [0.2, 0.25) is 5.02 Å². The van der Waals surface area contributed by atoms with E-state index in [1.807, 2.05) is 38.1 Å². The molecule has 0 radical (unpaired) electrons. The number of hydrogen-bond acceptors (Lipinski definition) is 5. The Kier molecular flexibility index (Phi) is 3.73. The third-order valence-electron chi connectivity index (χ3n) is 4.18. The van der Waals surface area contributed by atoms with Gasteiger partial charge in [0, 0.05) is 11.6 Å². The molecule has 4 rings (SSSR count). The lowest BCUT2D eigenvalue weighted by Gasteiger charge is -2.04. The molecule has 3 heterocycles. The first-order valence-corrected chi connectivity index (χ1v) is 8.41. The van der Waals surface area contributed by atoms with E-state index in [1.165, 1.54) is 10.9 Å². The van der Waals surface area contributed by atoms with Crippen molar-refractivity contribution in [1.82, 2.24) is 29.4 Å². The van der Waals surface area contributed by atoms with Crippen LogP contribution in [0.15, 0.2) is 35.4 Å². The molecule has 0 saturated carbocycles. The van der Waals surface area contributed by atoms with Gasteiger partial charge in [0.25, 0.3) is 5.56 Å². The summed E-state index contributed by atoms with van der Waals surface area (Å²) in [6.45, 7) is 4.42. The molecule has 0 aliphatic heterocycles. The van der Waals surface area contributed by atoms with Crippen LogP contribution in [0.25, 0.3) is 27.9 Å². The van der Waals surface area contributed by atoms with Crippen molar-refractivity contribution in [2.45, 2.75) is 26.8 Å². The maximum Gasteiger partial charge on any atom is 0.283 e. The third-order valence-corrected chi connectivity index (χ3v) is 4.43. The average molecular weight is 355 g/mol. The van der Waals surface area contributed by atoms with E-state index >= 15 is 0 Å². The summed E-state index contributed by atoms with van der Waals surface area (Å²) in [6.07, 6.45) is 2.23. The fraction of sp³-hybridized carbons (Fsp3) is 0.235. The van der Waals surface area contributed by atoms with Crippen LogP contribution in [0.5, 0.6) is 0 Å². The molecule has 0 aliphatic rings. The zero-order chi connectivity index (χ0) is 17.6. The van der Waals surface area contributed by atoms with Crippen molar-refractivity contribution in [3.63, 3.8) is 0 Å². The predicted octanol–water partition coefficient (Wildman–Crippen LogP) is 2.74. The predicted molar refractivity (Wildman–Crippen MR) is 95.8 cm³/mol. The van der Waals surface area contributed by atoms with Crippen molar-refractivity contribution in [1.29, 1.82) is 0 Å². The zero-order valence-corrected chi connectivity index (χ0v) is 14.5. The molecule has 1 aromatic carbocycles. The lowest BCUT2D eigenvalue weighted by atomic mass is 10.0. The van der Waals surface area contributed by atoms with Crippen molar-refractivity contribution < 1.29 is 0 Å². The van der Waals surface area contributed by atoms with Crippen molar-refractivity contribution in [2.75, 3.05) is 0 Å². The largest absolute Gasteiger partial charge is 0.297 e. The van der Waals surface area contributed by atoms with Gasteiger partial charge in [0.15, 0.2) is 16.8 Å². The first kappa shape index (κ1) is 15.7. The second-order valence-electron chi connectivity index (χ2n) is 5.63. The molecule has 0 atom stereocenters. The molecule has 7 nitrogen and oxygen atoms in total. The summed E-state index contributed by atoms with van der Waals surface area (Å²) in [4.78, 5) is 16.8. The van der Waals surface area contributed by atoms with Gasteiger partial charge < -0.3 is 0 Å². The van der Waals surface area contributed by atoms with E-state index in [1.54, 1.807) is 4.52 Å². The van der Waals surface area contributed by atoms with Gasteiger partial charge in [-0.15, -0.1) is 10.2 Å². The highest BCUT2D eigenvalue weighted by atomic mass is 35.5. The molecule has 0 N–H and O–H groups in total. The molecular weight excluding hydrogens is 340 g/mol. The summed E-state index contributed by atoms with van der Waals surface area (Å²) in [5.74, 6) is 0. The second kappa shape index (κ2) is 5.93. The molecule has 0 fully saturated rings. The normalized spacial score (nSPS) is 11.5. The number of halogens is 1. The average Bonchev–Trinajstić information content (AvgIpc) is 3.02. The molecule has 4 aromatic rings. The number of hydrogen-bond donors (Lipinski definition) is 0. The van der Waals surface area contributed by atoms with Crippen LogP contribution in [0.4, 0.5) is 0 Å². The molecule has 0 aliphatic carbocycles. The maximum absolute atomic E-state index is 12.4. The Balaban J connectivity index is 2.08. The van der Waals surface area contributed by atoms with E-state index in [-0.39, 0.29) is 11.1 Å². The van der Waals surface area contributed by atoms with Gasteiger partial charge in [-0.1, -0.05) is 30.7 Å². The highest BCUT2D eigenvalue weighted by Crippen LogP contribution is 2.29. The van der Waals surface area contributed by atoms with Crippen LogP contribution in [-0.4, -0.2) is 29.4 Å². The number of benzene rings is 1. The van der Waals surface area contributed by atoms with E-state index in [4.69, 9.17) is 11.6 Å². The van der Waals surface area contributed by atoms with E-state index < -0.39 is 0 Å². The number of nitrogens with zero attached hydrogens (tertiary/aromatic N) is 6. The molecule has 0 unspecified atom stereocenters. The van der Waals surface area contributed by atoms with Crippen molar-refractivity contribution >= 4 is 28.4 Å². The monoisotopic (exact) mass is 354 g/mol. The minimum Gasteiger partial charge on any atom is -0.297 e. The van der Waals surface area contributed by atoms with Crippen molar-refractivity contribution in [2.24, 2.45) is 0 Å². The minimum atomic E-state index is -0.219.